The SMILES string of the molecule is C[N+]1(CCC(=O)[O-])CCC(O)CC1. The Bertz CT molecular complexity index is 185. The van der Waals surface area contributed by atoms with E-state index in [1.165, 1.54) is 0 Å². The molecule has 0 saturated carbocycles. The zero-order valence-electron chi connectivity index (χ0n) is 8.03. The van der Waals surface area contributed by atoms with Gasteiger partial charge in [-0.1, -0.05) is 0 Å². The number of likely N-dealkylation sites (tertiary alicyclic amines) is 1. The quantitative estimate of drug-likeness (QED) is 0.560. The summed E-state index contributed by atoms with van der Waals surface area (Å²) < 4.78 is 0.755. The zero-order chi connectivity index (χ0) is 9.90. The maximum atomic E-state index is 10.3. The molecule has 0 aromatic rings. The Hall–Kier alpha value is -0.610. The molecule has 0 aromatic carbocycles. The van der Waals surface area contributed by atoms with E-state index in [1.807, 2.05) is 7.05 Å². The van der Waals surface area contributed by atoms with Crippen LogP contribution in [0.25, 0.3) is 0 Å². The molecule has 1 N–H and O–H groups in total. The van der Waals surface area contributed by atoms with E-state index in [9.17, 15) is 15.0 Å². The summed E-state index contributed by atoms with van der Waals surface area (Å²) in [6.07, 6.45) is 1.49. The number of quaternary nitrogens is 1. The monoisotopic (exact) mass is 187 g/mol. The number of nitrogens with zero attached hydrogens (tertiary/aromatic N) is 1. The normalized spacial score (nSPS) is 34.5. The molecule has 1 rings (SSSR count). The van der Waals surface area contributed by atoms with E-state index < -0.39 is 5.97 Å². The topological polar surface area (TPSA) is 60.4 Å². The predicted molar refractivity (Wildman–Crippen MR) is 45.7 cm³/mol. The number of carboxylic acid groups (broad SMARTS) is 1. The lowest BCUT2D eigenvalue weighted by molar-refractivity contribution is -0.914. The van der Waals surface area contributed by atoms with Crippen molar-refractivity contribution in [3.05, 3.63) is 0 Å². The third kappa shape index (κ3) is 3.32. The van der Waals surface area contributed by atoms with E-state index in [-0.39, 0.29) is 12.5 Å². The van der Waals surface area contributed by atoms with Gasteiger partial charge in [0.15, 0.2) is 0 Å². The Morgan fingerprint density at radius 2 is 2.08 bits per heavy atom. The summed E-state index contributed by atoms with van der Waals surface area (Å²) in [7, 11) is 2.04. The molecule has 13 heavy (non-hydrogen) atoms. The fourth-order valence-electron chi connectivity index (χ4n) is 1.76. The van der Waals surface area contributed by atoms with E-state index in [0.717, 1.165) is 30.4 Å². The first kappa shape index (κ1) is 10.5. The maximum absolute atomic E-state index is 10.3. The molecule has 0 spiro atoms. The minimum absolute atomic E-state index is 0.118. The standard InChI is InChI=1S/C9H17NO3/c1-10(7-4-9(12)13)5-2-8(11)3-6-10/h8,11H,2-7H2,1H3. The molecule has 1 saturated heterocycles. The molecule has 0 amide bonds. The summed E-state index contributed by atoms with van der Waals surface area (Å²) in [6, 6.07) is 0. The van der Waals surface area contributed by atoms with Gasteiger partial charge < -0.3 is 19.5 Å². The Morgan fingerprint density at radius 3 is 2.54 bits per heavy atom. The molecule has 1 aliphatic rings. The lowest BCUT2D eigenvalue weighted by atomic mass is 10.1. The Balaban J connectivity index is 2.34. The van der Waals surface area contributed by atoms with Crippen LogP contribution in [-0.2, 0) is 4.79 Å². The van der Waals surface area contributed by atoms with Crippen LogP contribution in [0.4, 0.5) is 0 Å². The van der Waals surface area contributed by atoms with Crippen LogP contribution in [0.2, 0.25) is 0 Å². The summed E-state index contributed by atoms with van der Waals surface area (Å²) in [4.78, 5) is 10.3. The average Bonchev–Trinajstić information content (AvgIpc) is 2.08. The van der Waals surface area contributed by atoms with Crippen LogP contribution in [0.3, 0.4) is 0 Å². The number of aliphatic hydroxyl groups is 1. The van der Waals surface area contributed by atoms with Gasteiger partial charge in [-0.05, 0) is 0 Å². The van der Waals surface area contributed by atoms with Gasteiger partial charge in [0, 0.05) is 25.2 Å². The van der Waals surface area contributed by atoms with E-state index in [4.69, 9.17) is 0 Å². The van der Waals surface area contributed by atoms with Crippen LogP contribution in [0, 0.1) is 0 Å². The Morgan fingerprint density at radius 1 is 1.54 bits per heavy atom. The van der Waals surface area contributed by atoms with Gasteiger partial charge in [0.2, 0.25) is 0 Å². The number of carbonyl (C=O) groups excluding carboxylic acids is 1. The number of hydrogen-bond acceptors (Lipinski definition) is 3. The molecule has 0 aromatic heterocycles. The first-order valence-corrected chi connectivity index (χ1v) is 4.73. The second-order valence-electron chi connectivity index (χ2n) is 4.14. The average molecular weight is 187 g/mol. The third-order valence-electron chi connectivity index (χ3n) is 2.86. The van der Waals surface area contributed by atoms with Crippen molar-refractivity contribution in [2.24, 2.45) is 0 Å². The maximum Gasteiger partial charge on any atom is 0.0837 e. The molecule has 1 fully saturated rings. The highest BCUT2D eigenvalue weighted by molar-refractivity contribution is 5.64. The van der Waals surface area contributed by atoms with Crippen molar-refractivity contribution in [2.75, 3.05) is 26.7 Å². The van der Waals surface area contributed by atoms with Crippen LogP contribution >= 0.6 is 0 Å². The smallest absolute Gasteiger partial charge is 0.0837 e. The largest absolute Gasteiger partial charge is 0.550 e. The second kappa shape index (κ2) is 4.07. The number of carbonyl (C=O) groups is 1. The highest BCUT2D eigenvalue weighted by Gasteiger charge is 2.28. The summed E-state index contributed by atoms with van der Waals surface area (Å²) in [5.74, 6) is -0.981. The van der Waals surface area contributed by atoms with Gasteiger partial charge >= 0.3 is 0 Å². The van der Waals surface area contributed by atoms with E-state index in [2.05, 4.69) is 0 Å². The van der Waals surface area contributed by atoms with Crippen LogP contribution in [0.5, 0.6) is 0 Å². The van der Waals surface area contributed by atoms with Crippen LogP contribution in [-0.4, -0.2) is 48.3 Å². The number of hydrogen-bond donors (Lipinski definition) is 1. The van der Waals surface area contributed by atoms with Crippen LogP contribution in [0.15, 0.2) is 0 Å². The second-order valence-corrected chi connectivity index (χ2v) is 4.14. The Labute approximate surface area is 78.4 Å². The molecule has 0 unspecified atom stereocenters. The number of aliphatic carboxylic acids is 1. The first-order valence-electron chi connectivity index (χ1n) is 4.73. The zero-order valence-corrected chi connectivity index (χ0v) is 8.03. The van der Waals surface area contributed by atoms with E-state index >= 15 is 0 Å². The fourth-order valence-corrected chi connectivity index (χ4v) is 1.76. The third-order valence-corrected chi connectivity index (χ3v) is 2.86. The fraction of sp³-hybridized carbons (Fsp3) is 0.889. The van der Waals surface area contributed by atoms with Crippen molar-refractivity contribution >= 4 is 5.97 Å². The lowest BCUT2D eigenvalue weighted by Gasteiger charge is -2.39. The highest BCUT2D eigenvalue weighted by Crippen LogP contribution is 2.16. The molecule has 1 aliphatic heterocycles. The molecule has 4 heteroatoms. The van der Waals surface area contributed by atoms with Crippen molar-refractivity contribution in [1.82, 2.24) is 0 Å². The van der Waals surface area contributed by atoms with Crippen LogP contribution < -0.4 is 5.11 Å². The van der Waals surface area contributed by atoms with Gasteiger partial charge in [0.25, 0.3) is 0 Å². The molecular weight excluding hydrogens is 170 g/mol. The molecule has 76 valence electrons. The van der Waals surface area contributed by atoms with Gasteiger partial charge in [-0.3, -0.25) is 0 Å². The molecule has 0 radical (unpaired) electrons. The number of piperidine rings is 1. The summed E-state index contributed by atoms with van der Waals surface area (Å²) in [5.41, 5.74) is 0. The van der Waals surface area contributed by atoms with Crippen molar-refractivity contribution in [3.8, 4) is 0 Å². The van der Waals surface area contributed by atoms with Crippen molar-refractivity contribution in [2.45, 2.75) is 25.4 Å². The lowest BCUT2D eigenvalue weighted by Crippen LogP contribution is -2.52. The number of carboxylic acids is 1. The minimum atomic E-state index is -0.981. The van der Waals surface area contributed by atoms with E-state index in [1.54, 1.807) is 0 Å². The van der Waals surface area contributed by atoms with Crippen molar-refractivity contribution in [3.63, 3.8) is 0 Å². The molecule has 4 nitrogen and oxygen atoms in total. The van der Waals surface area contributed by atoms with Crippen molar-refractivity contribution < 1.29 is 19.5 Å². The first-order chi connectivity index (χ1) is 6.02. The highest BCUT2D eigenvalue weighted by atomic mass is 16.4. The van der Waals surface area contributed by atoms with Gasteiger partial charge in [0.1, 0.15) is 0 Å². The Kier molecular flexibility index (Phi) is 3.27. The molecule has 0 aliphatic carbocycles. The minimum Gasteiger partial charge on any atom is -0.550 e. The van der Waals surface area contributed by atoms with Crippen LogP contribution in [0.1, 0.15) is 19.3 Å². The molecule has 0 atom stereocenters. The van der Waals surface area contributed by atoms with Gasteiger partial charge in [-0.15, -0.1) is 0 Å². The number of aliphatic hydroxyl groups excluding tert-OH is 1. The van der Waals surface area contributed by atoms with Crippen molar-refractivity contribution in [1.29, 1.82) is 0 Å². The molecular formula is C9H17NO3. The van der Waals surface area contributed by atoms with Gasteiger partial charge in [-0.2, -0.15) is 0 Å². The van der Waals surface area contributed by atoms with E-state index in [0.29, 0.717) is 6.54 Å². The summed E-state index contributed by atoms with van der Waals surface area (Å²) >= 11 is 0. The molecule has 0 bridgehead atoms. The van der Waals surface area contributed by atoms with Gasteiger partial charge in [-0.25, -0.2) is 0 Å². The summed E-state index contributed by atoms with van der Waals surface area (Å²) in [6.45, 7) is 2.36. The summed E-state index contributed by atoms with van der Waals surface area (Å²) in [5, 5.41) is 19.6. The predicted octanol–water partition coefficient (Wildman–Crippen LogP) is -1.27. The molecule has 1 heterocycles. The number of rotatable bonds is 3. The van der Waals surface area contributed by atoms with Gasteiger partial charge in [0.05, 0.1) is 32.8 Å².